The van der Waals surface area contributed by atoms with E-state index in [1.165, 1.54) is 0 Å². The maximum absolute atomic E-state index is 12.2. The van der Waals surface area contributed by atoms with Gasteiger partial charge in [-0.05, 0) is 76.5 Å². The van der Waals surface area contributed by atoms with Crippen LogP contribution in [0.25, 0.3) is 0 Å². The Morgan fingerprint density at radius 1 is 0.682 bits per heavy atom. The summed E-state index contributed by atoms with van der Waals surface area (Å²) in [6.07, 6.45) is 23.1. The second-order valence-corrected chi connectivity index (χ2v) is 13.2. The van der Waals surface area contributed by atoms with E-state index in [-0.39, 0.29) is 22.4 Å². The van der Waals surface area contributed by atoms with Crippen molar-refractivity contribution in [2.24, 2.45) is 10.8 Å². The van der Waals surface area contributed by atoms with E-state index < -0.39 is 12.2 Å². The number of rotatable bonds is 8. The SMILES string of the molecule is CC1=C(C#C/C(C)=C/C=C/C(C)=C/C=C/C=C(C)/C=C/C=C(C)/C=C/C2=C(C)C(=O)[C@H](O)CC2(C)C)C(C)(C)C[C@@H](O)C1=O. The van der Waals surface area contributed by atoms with Crippen molar-refractivity contribution < 1.29 is 19.8 Å². The number of hydrogen-bond donors (Lipinski definition) is 2. The molecule has 0 aromatic carbocycles. The fourth-order valence-electron chi connectivity index (χ4n) is 5.44. The highest BCUT2D eigenvalue weighted by atomic mass is 16.3. The van der Waals surface area contributed by atoms with Crippen LogP contribution < -0.4 is 0 Å². The fraction of sp³-hybridized carbons (Fsp3) is 0.400. The molecule has 234 valence electrons. The molecule has 0 saturated carbocycles. The predicted molar refractivity (Wildman–Crippen MR) is 184 cm³/mol. The van der Waals surface area contributed by atoms with Crippen LogP contribution in [0, 0.1) is 22.7 Å². The van der Waals surface area contributed by atoms with E-state index in [0.29, 0.717) is 24.0 Å². The average Bonchev–Trinajstić information content (AvgIpc) is 2.92. The highest BCUT2D eigenvalue weighted by molar-refractivity contribution is 6.01. The number of ketones is 2. The molecule has 4 nitrogen and oxygen atoms in total. The van der Waals surface area contributed by atoms with Crippen LogP contribution in [0.2, 0.25) is 0 Å². The molecule has 0 radical (unpaired) electrons. The molecule has 2 atom stereocenters. The van der Waals surface area contributed by atoms with Crippen molar-refractivity contribution in [3.05, 3.63) is 117 Å². The molecule has 0 saturated heterocycles. The summed E-state index contributed by atoms with van der Waals surface area (Å²) in [5, 5.41) is 20.0. The normalized spacial score (nSPS) is 24.0. The van der Waals surface area contributed by atoms with Crippen LogP contribution in [0.3, 0.4) is 0 Å². The van der Waals surface area contributed by atoms with E-state index in [2.05, 4.69) is 25.7 Å². The zero-order chi connectivity index (χ0) is 33.2. The minimum atomic E-state index is -0.940. The Balaban J connectivity index is 1.97. The van der Waals surface area contributed by atoms with E-state index in [0.717, 1.165) is 33.4 Å². The lowest BCUT2D eigenvalue weighted by molar-refractivity contribution is -0.126. The minimum absolute atomic E-state index is 0.177. The first kappa shape index (κ1) is 36.4. The van der Waals surface area contributed by atoms with Gasteiger partial charge in [-0.1, -0.05) is 129 Å². The summed E-state index contributed by atoms with van der Waals surface area (Å²) >= 11 is 0. The van der Waals surface area contributed by atoms with E-state index in [1.807, 2.05) is 114 Å². The zero-order valence-electron chi connectivity index (χ0n) is 28.2. The summed E-state index contributed by atoms with van der Waals surface area (Å²) < 4.78 is 0. The summed E-state index contributed by atoms with van der Waals surface area (Å²) in [6, 6.07) is 0. The van der Waals surface area contributed by atoms with Crippen LogP contribution in [-0.2, 0) is 9.59 Å². The van der Waals surface area contributed by atoms with Gasteiger partial charge in [0.25, 0.3) is 0 Å². The highest BCUT2D eigenvalue weighted by Gasteiger charge is 2.38. The van der Waals surface area contributed by atoms with Crippen molar-refractivity contribution in [3.8, 4) is 11.8 Å². The second-order valence-electron chi connectivity index (χ2n) is 13.2. The van der Waals surface area contributed by atoms with E-state index in [1.54, 1.807) is 13.8 Å². The van der Waals surface area contributed by atoms with Crippen molar-refractivity contribution >= 4 is 11.6 Å². The second kappa shape index (κ2) is 15.8. The van der Waals surface area contributed by atoms with E-state index >= 15 is 0 Å². The Labute approximate surface area is 265 Å². The van der Waals surface area contributed by atoms with Crippen LogP contribution >= 0.6 is 0 Å². The molecule has 0 bridgehead atoms. The van der Waals surface area contributed by atoms with Crippen molar-refractivity contribution in [2.75, 3.05) is 0 Å². The number of hydrogen-bond acceptors (Lipinski definition) is 4. The van der Waals surface area contributed by atoms with Crippen molar-refractivity contribution in [1.29, 1.82) is 0 Å². The quantitative estimate of drug-likeness (QED) is 0.219. The molecule has 0 unspecified atom stereocenters. The lowest BCUT2D eigenvalue weighted by Crippen LogP contribution is -2.35. The lowest BCUT2D eigenvalue weighted by atomic mass is 9.71. The summed E-state index contributed by atoms with van der Waals surface area (Å²) in [6.45, 7) is 19.7. The Morgan fingerprint density at radius 3 is 1.70 bits per heavy atom. The van der Waals surface area contributed by atoms with Gasteiger partial charge in [-0.25, -0.2) is 0 Å². The molecule has 2 aliphatic carbocycles. The standard InChI is InChI=1S/C40H50O4/c1-27(17-13-19-29(3)21-23-33-31(5)37(43)35(41)25-39(33,7)8)15-11-12-16-28(2)18-14-20-30(4)22-24-34-32(6)38(44)36(42)26-40(34,9)10/h11-21,23,35-36,41-42H,25-26H2,1-10H3/b12-11+,17-13+,18-14+,23-21+,27-15+,28-16+,29-19+,30-20+/t35-,36-/m1/s1. The number of aliphatic hydroxyl groups is 2. The molecule has 0 heterocycles. The first-order valence-corrected chi connectivity index (χ1v) is 15.3. The average molecular weight is 595 g/mol. The Bertz CT molecular complexity index is 1510. The van der Waals surface area contributed by atoms with Crippen LogP contribution in [0.1, 0.15) is 82.1 Å². The third-order valence-electron chi connectivity index (χ3n) is 8.09. The number of carbonyl (C=O) groups excluding carboxylic acids is 2. The van der Waals surface area contributed by atoms with Crippen LogP contribution in [-0.4, -0.2) is 34.0 Å². The number of aliphatic hydroxyl groups excluding tert-OH is 2. The Morgan fingerprint density at radius 2 is 1.14 bits per heavy atom. The third-order valence-corrected chi connectivity index (χ3v) is 8.09. The molecule has 44 heavy (non-hydrogen) atoms. The molecular weight excluding hydrogens is 544 g/mol. The number of allylic oxidation sites excluding steroid dienone is 18. The maximum atomic E-state index is 12.2. The molecule has 0 spiro atoms. The van der Waals surface area contributed by atoms with E-state index in [4.69, 9.17) is 0 Å². The van der Waals surface area contributed by atoms with Crippen molar-refractivity contribution in [3.63, 3.8) is 0 Å². The summed E-state index contributed by atoms with van der Waals surface area (Å²) in [4.78, 5) is 24.4. The molecule has 0 fully saturated rings. The van der Waals surface area contributed by atoms with Gasteiger partial charge in [-0.15, -0.1) is 0 Å². The third kappa shape index (κ3) is 10.4. The zero-order valence-corrected chi connectivity index (χ0v) is 28.2. The van der Waals surface area contributed by atoms with Gasteiger partial charge >= 0.3 is 0 Å². The number of Topliss-reactive ketones (excluding diaryl/α,β-unsaturated/α-hetero) is 2. The maximum Gasteiger partial charge on any atom is 0.187 e. The first-order chi connectivity index (χ1) is 20.5. The Kier molecular flexibility index (Phi) is 13.1. The van der Waals surface area contributed by atoms with Crippen LogP contribution in [0.4, 0.5) is 0 Å². The highest BCUT2D eigenvalue weighted by Crippen LogP contribution is 2.40. The van der Waals surface area contributed by atoms with Gasteiger partial charge in [0, 0.05) is 16.6 Å². The van der Waals surface area contributed by atoms with Gasteiger partial charge in [0.2, 0.25) is 0 Å². The summed E-state index contributed by atoms with van der Waals surface area (Å²) in [5.74, 6) is 5.93. The minimum Gasteiger partial charge on any atom is -0.385 e. The van der Waals surface area contributed by atoms with Gasteiger partial charge in [0.05, 0.1) is 0 Å². The number of carbonyl (C=O) groups is 2. The molecule has 4 heteroatoms. The molecular formula is C40H50O4. The first-order valence-electron chi connectivity index (χ1n) is 15.3. The van der Waals surface area contributed by atoms with Crippen molar-refractivity contribution in [1.82, 2.24) is 0 Å². The largest absolute Gasteiger partial charge is 0.385 e. The molecule has 0 aromatic rings. The molecule has 2 rings (SSSR count). The van der Waals surface area contributed by atoms with Gasteiger partial charge < -0.3 is 10.2 Å². The molecule has 0 aromatic heterocycles. The van der Waals surface area contributed by atoms with Crippen LogP contribution in [0.15, 0.2) is 117 Å². The van der Waals surface area contributed by atoms with E-state index in [9.17, 15) is 19.8 Å². The molecule has 2 N–H and O–H groups in total. The smallest absolute Gasteiger partial charge is 0.187 e. The Hall–Kier alpha value is -3.78. The van der Waals surface area contributed by atoms with Gasteiger partial charge in [0.1, 0.15) is 12.2 Å². The van der Waals surface area contributed by atoms with Crippen molar-refractivity contribution in [2.45, 2.75) is 94.3 Å². The summed E-state index contributed by atoms with van der Waals surface area (Å²) in [5.41, 5.74) is 6.58. The summed E-state index contributed by atoms with van der Waals surface area (Å²) in [7, 11) is 0. The predicted octanol–water partition coefficient (Wildman–Crippen LogP) is 8.35. The van der Waals surface area contributed by atoms with Gasteiger partial charge in [-0.2, -0.15) is 0 Å². The lowest BCUT2D eigenvalue weighted by Gasteiger charge is -2.34. The fourth-order valence-corrected chi connectivity index (χ4v) is 5.44. The molecule has 0 aliphatic heterocycles. The van der Waals surface area contributed by atoms with Crippen LogP contribution in [0.5, 0.6) is 0 Å². The topological polar surface area (TPSA) is 74.6 Å². The van der Waals surface area contributed by atoms with Gasteiger partial charge in [-0.3, -0.25) is 9.59 Å². The molecule has 2 aliphatic rings. The molecule has 0 amide bonds. The van der Waals surface area contributed by atoms with Gasteiger partial charge in [0.15, 0.2) is 11.6 Å². The monoisotopic (exact) mass is 594 g/mol.